The lowest BCUT2D eigenvalue weighted by Gasteiger charge is -2.40. The summed E-state index contributed by atoms with van der Waals surface area (Å²) in [4.78, 5) is 48.4. The number of nitrogens with one attached hydrogen (secondary N) is 2. The molecule has 4 rings (SSSR count). The summed E-state index contributed by atoms with van der Waals surface area (Å²) in [5.41, 5.74) is 1.07. The van der Waals surface area contributed by atoms with Gasteiger partial charge in [0.15, 0.2) is 5.78 Å². The molecule has 192 valence electrons. The number of ketones is 1. The van der Waals surface area contributed by atoms with Crippen LogP contribution in [0, 0.1) is 5.92 Å². The van der Waals surface area contributed by atoms with E-state index in [-0.39, 0.29) is 47.7 Å². The lowest BCUT2D eigenvalue weighted by atomic mass is 9.53. The summed E-state index contributed by atoms with van der Waals surface area (Å²) in [5.74, 6) is -0.903. The first-order valence-corrected chi connectivity index (χ1v) is 12.7. The Morgan fingerprint density at radius 1 is 1.19 bits per heavy atom. The Labute approximate surface area is 212 Å². The highest BCUT2D eigenvalue weighted by Crippen LogP contribution is 2.36. The van der Waals surface area contributed by atoms with Crippen molar-refractivity contribution >= 4 is 24.3 Å². The fourth-order valence-electron chi connectivity index (χ4n) is 5.84. The van der Waals surface area contributed by atoms with Crippen molar-refractivity contribution in [3.63, 3.8) is 0 Å². The van der Waals surface area contributed by atoms with Crippen molar-refractivity contribution in [1.29, 1.82) is 0 Å². The first-order chi connectivity index (χ1) is 17.2. The molecule has 0 saturated carbocycles. The smallest absolute Gasteiger partial charge is 0.530 e. The third kappa shape index (κ3) is 5.34. The summed E-state index contributed by atoms with van der Waals surface area (Å²) in [6.45, 7) is 6.51. The normalized spacial score (nSPS) is 26.8. The number of carbonyl (C=O) groups excluding carboxylic acids is 3. The maximum atomic E-state index is 13.8. The molecule has 2 N–H and O–H groups in total. The van der Waals surface area contributed by atoms with Crippen LogP contribution in [0.3, 0.4) is 0 Å². The van der Waals surface area contributed by atoms with Gasteiger partial charge in [0.1, 0.15) is 11.7 Å². The molecular formula is C26H35BN4O5. The van der Waals surface area contributed by atoms with E-state index in [4.69, 9.17) is 9.31 Å². The third-order valence-electron chi connectivity index (χ3n) is 7.40. The van der Waals surface area contributed by atoms with E-state index in [9.17, 15) is 14.4 Å². The van der Waals surface area contributed by atoms with Gasteiger partial charge in [0.25, 0.3) is 5.91 Å². The zero-order chi connectivity index (χ0) is 25.9. The monoisotopic (exact) mass is 494 g/mol. The van der Waals surface area contributed by atoms with E-state index < -0.39 is 18.6 Å². The molecular weight excluding hydrogens is 459 g/mol. The molecule has 2 aromatic rings. The molecule has 0 radical (unpaired) electrons. The molecule has 1 aromatic heterocycles. The number of hydrogen-bond acceptors (Lipinski definition) is 7. The molecule has 1 amide bonds. The summed E-state index contributed by atoms with van der Waals surface area (Å²) in [7, 11) is 0. The van der Waals surface area contributed by atoms with Crippen LogP contribution in [0.4, 0.5) is 0 Å². The molecule has 2 aliphatic rings. The van der Waals surface area contributed by atoms with Gasteiger partial charge in [0.05, 0.1) is 24.9 Å². The number of quaternary nitrogens is 1. The number of fused-ring (bicyclic) bond motifs is 1. The Kier molecular flexibility index (Phi) is 7.85. The van der Waals surface area contributed by atoms with E-state index in [0.29, 0.717) is 19.4 Å². The van der Waals surface area contributed by atoms with Gasteiger partial charge in [-0.1, -0.05) is 50.6 Å². The van der Waals surface area contributed by atoms with Crippen LogP contribution in [-0.2, 0) is 25.3 Å². The standard InChI is InChI=1S/C26H35BN4O5/c1-17(2)12-21(27-31(18(3)16-35-27)19(4)26(34)36-27)14-24(32)22(13-20-8-6-5-7-9-20)30-25(33)23-15-28-10-11-29-23/h5-11,15,17-19,21-22,31H,12-14,16H2,1-4H3,(H,30,33)/t18-,19-,21+,22-,27?/m0/s1. The van der Waals surface area contributed by atoms with E-state index in [1.165, 1.54) is 18.6 Å². The number of amides is 1. The fourth-order valence-corrected chi connectivity index (χ4v) is 5.84. The SMILES string of the molecule is CC(C)C[C@H](CC(=O)[C@H](Cc1ccccc1)NC(=O)c1cnccn1)[B-]12OC[C@H](C)[NH+]1[C@@H](C)C(=O)O2. The Morgan fingerprint density at radius 3 is 2.61 bits per heavy atom. The zero-order valence-corrected chi connectivity index (χ0v) is 21.3. The molecule has 9 nitrogen and oxygen atoms in total. The maximum Gasteiger partial charge on any atom is 0.530 e. The molecule has 10 heteroatoms. The van der Waals surface area contributed by atoms with Crippen molar-refractivity contribution in [3.05, 3.63) is 60.2 Å². The van der Waals surface area contributed by atoms with Gasteiger partial charge in [-0.25, -0.2) is 9.78 Å². The van der Waals surface area contributed by atoms with Crippen molar-refractivity contribution in [1.82, 2.24) is 15.3 Å². The van der Waals surface area contributed by atoms with Crippen LogP contribution in [0.1, 0.15) is 56.6 Å². The topological polar surface area (TPSA) is 112 Å². The molecule has 2 aliphatic heterocycles. The van der Waals surface area contributed by atoms with Crippen LogP contribution in [0.2, 0.25) is 5.82 Å². The number of aromatic nitrogens is 2. The predicted octanol–water partition coefficient (Wildman–Crippen LogP) is 1.38. The van der Waals surface area contributed by atoms with Crippen LogP contribution in [0.5, 0.6) is 0 Å². The van der Waals surface area contributed by atoms with Crippen LogP contribution in [0.25, 0.3) is 0 Å². The molecule has 2 saturated heterocycles. The van der Waals surface area contributed by atoms with Crippen LogP contribution in [-0.4, -0.2) is 59.0 Å². The largest absolute Gasteiger partial charge is 0.611 e. The Morgan fingerprint density at radius 2 is 1.94 bits per heavy atom. The van der Waals surface area contributed by atoms with Crippen molar-refractivity contribution in [3.8, 4) is 0 Å². The molecule has 0 bridgehead atoms. The van der Waals surface area contributed by atoms with Crippen LogP contribution >= 0.6 is 0 Å². The Hall–Kier alpha value is -3.11. The predicted molar refractivity (Wildman–Crippen MR) is 134 cm³/mol. The maximum absolute atomic E-state index is 13.8. The van der Waals surface area contributed by atoms with E-state index >= 15 is 0 Å². The number of hydrogen-bond donors (Lipinski definition) is 2. The van der Waals surface area contributed by atoms with Gasteiger partial charge >= 0.3 is 12.7 Å². The molecule has 2 unspecified atom stereocenters. The molecule has 6 atom stereocenters. The highest BCUT2D eigenvalue weighted by atomic mass is 16.7. The van der Waals surface area contributed by atoms with Crippen LogP contribution in [0.15, 0.2) is 48.9 Å². The van der Waals surface area contributed by atoms with E-state index in [0.717, 1.165) is 10.4 Å². The number of carbonyl (C=O) groups is 3. The highest BCUT2D eigenvalue weighted by molar-refractivity contribution is 6.64. The van der Waals surface area contributed by atoms with Gasteiger partial charge in [-0.2, -0.15) is 0 Å². The van der Waals surface area contributed by atoms with Gasteiger partial charge in [0.2, 0.25) is 0 Å². The van der Waals surface area contributed by atoms with Crippen molar-refractivity contribution in [2.24, 2.45) is 5.92 Å². The lowest BCUT2D eigenvalue weighted by molar-refractivity contribution is -0.831. The minimum absolute atomic E-state index is 0.0905. The van der Waals surface area contributed by atoms with Gasteiger partial charge < -0.3 is 19.4 Å². The van der Waals surface area contributed by atoms with Crippen molar-refractivity contribution < 1.29 is 28.5 Å². The third-order valence-corrected chi connectivity index (χ3v) is 7.40. The quantitative estimate of drug-likeness (QED) is 0.480. The first-order valence-electron chi connectivity index (χ1n) is 12.7. The Bertz CT molecular complexity index is 1090. The molecule has 36 heavy (non-hydrogen) atoms. The van der Waals surface area contributed by atoms with Gasteiger partial charge in [0, 0.05) is 12.4 Å². The lowest BCUT2D eigenvalue weighted by Crippen LogP contribution is -3.25. The first kappa shape index (κ1) is 26.0. The molecule has 0 aliphatic carbocycles. The second-order valence-electron chi connectivity index (χ2n) is 10.5. The number of benzene rings is 1. The van der Waals surface area contributed by atoms with E-state index in [1.807, 2.05) is 44.2 Å². The summed E-state index contributed by atoms with van der Waals surface area (Å²) in [5, 5.41) is 2.88. The van der Waals surface area contributed by atoms with Crippen molar-refractivity contribution in [2.75, 3.05) is 6.61 Å². The molecule has 1 aromatic carbocycles. The summed E-state index contributed by atoms with van der Waals surface area (Å²) >= 11 is 0. The zero-order valence-electron chi connectivity index (χ0n) is 21.3. The minimum Gasteiger partial charge on any atom is -0.611 e. The van der Waals surface area contributed by atoms with E-state index in [2.05, 4.69) is 29.1 Å². The number of nitrogens with zero attached hydrogens (tertiary/aromatic N) is 2. The number of rotatable bonds is 10. The highest BCUT2D eigenvalue weighted by Gasteiger charge is 2.64. The summed E-state index contributed by atoms with van der Waals surface area (Å²) in [6.07, 6.45) is 5.43. The summed E-state index contributed by atoms with van der Waals surface area (Å²) < 4.78 is 12.2. The average Bonchev–Trinajstić information content (AvgIpc) is 3.33. The van der Waals surface area contributed by atoms with Gasteiger partial charge in [-0.05, 0) is 44.0 Å². The van der Waals surface area contributed by atoms with Gasteiger partial charge in [-0.3, -0.25) is 14.6 Å². The molecule has 3 heterocycles. The molecule has 0 spiro atoms. The summed E-state index contributed by atoms with van der Waals surface area (Å²) in [6, 6.07) is 8.54. The average molecular weight is 494 g/mol. The second-order valence-corrected chi connectivity index (χ2v) is 10.5. The van der Waals surface area contributed by atoms with E-state index in [1.54, 1.807) is 0 Å². The minimum atomic E-state index is -2.04. The Balaban J connectivity index is 1.60. The fraction of sp³-hybridized carbons (Fsp3) is 0.500. The second kappa shape index (κ2) is 10.9. The van der Waals surface area contributed by atoms with Gasteiger partial charge in [-0.15, -0.1) is 0 Å². The molecule has 2 fully saturated rings. The van der Waals surface area contributed by atoms with Crippen LogP contribution < -0.4 is 10.1 Å². The van der Waals surface area contributed by atoms with Crippen molar-refractivity contribution in [2.45, 2.75) is 70.9 Å². The number of Topliss-reactive ketones (excluding diaryl/α,β-unsaturated/α-hetero) is 1.